The SMILES string of the molecule is CCCN1C(=O)C(c2ccccc2)Oc2c(OC)cc(CO)cc21. The molecule has 3 rings (SSSR count). The largest absolute Gasteiger partial charge is 0.493 e. The monoisotopic (exact) mass is 327 g/mol. The molecule has 2 aromatic carbocycles. The number of hydrogen-bond donors (Lipinski definition) is 1. The van der Waals surface area contributed by atoms with Crippen molar-refractivity contribution < 1.29 is 19.4 Å². The first kappa shape index (κ1) is 16.3. The molecule has 1 atom stereocenters. The number of methoxy groups -OCH3 is 1. The van der Waals surface area contributed by atoms with Gasteiger partial charge < -0.3 is 19.5 Å². The van der Waals surface area contributed by atoms with Gasteiger partial charge in [-0.1, -0.05) is 37.3 Å². The maximum Gasteiger partial charge on any atom is 0.272 e. The minimum atomic E-state index is -0.695. The summed E-state index contributed by atoms with van der Waals surface area (Å²) in [7, 11) is 1.55. The Balaban J connectivity index is 2.12. The molecule has 5 heteroatoms. The van der Waals surface area contributed by atoms with Crippen molar-refractivity contribution in [1.29, 1.82) is 0 Å². The number of aliphatic hydroxyl groups is 1. The van der Waals surface area contributed by atoms with Crippen LogP contribution in [0.2, 0.25) is 0 Å². The van der Waals surface area contributed by atoms with E-state index in [-0.39, 0.29) is 12.5 Å². The number of nitrogens with zero attached hydrogens (tertiary/aromatic N) is 1. The third-order valence-electron chi connectivity index (χ3n) is 4.06. The highest BCUT2D eigenvalue weighted by atomic mass is 16.5. The first-order chi connectivity index (χ1) is 11.7. The Hall–Kier alpha value is -2.53. The molecule has 126 valence electrons. The van der Waals surface area contributed by atoms with Crippen LogP contribution in [0.4, 0.5) is 5.69 Å². The van der Waals surface area contributed by atoms with E-state index in [1.54, 1.807) is 24.1 Å². The molecule has 0 bridgehead atoms. The fourth-order valence-corrected chi connectivity index (χ4v) is 2.93. The number of fused-ring (bicyclic) bond motifs is 1. The summed E-state index contributed by atoms with van der Waals surface area (Å²) in [5.74, 6) is 0.954. The number of anilines is 1. The van der Waals surface area contributed by atoms with Crippen LogP contribution in [-0.2, 0) is 11.4 Å². The number of carbonyl (C=O) groups excluding carboxylic acids is 1. The van der Waals surface area contributed by atoms with Gasteiger partial charge in [-0.2, -0.15) is 0 Å². The van der Waals surface area contributed by atoms with Crippen LogP contribution in [0, 0.1) is 0 Å². The number of rotatable bonds is 5. The van der Waals surface area contributed by atoms with Crippen molar-refractivity contribution in [2.24, 2.45) is 0 Å². The van der Waals surface area contributed by atoms with Crippen molar-refractivity contribution in [3.8, 4) is 11.5 Å². The predicted octanol–water partition coefficient (Wildman–Crippen LogP) is 3.06. The van der Waals surface area contributed by atoms with E-state index in [1.807, 2.05) is 37.3 Å². The van der Waals surface area contributed by atoms with E-state index in [4.69, 9.17) is 9.47 Å². The topological polar surface area (TPSA) is 59.0 Å². The first-order valence-electron chi connectivity index (χ1n) is 8.04. The summed E-state index contributed by atoms with van der Waals surface area (Å²) in [5, 5.41) is 9.47. The molecular formula is C19H21NO4. The van der Waals surface area contributed by atoms with Crippen LogP contribution in [0.15, 0.2) is 42.5 Å². The molecule has 0 radical (unpaired) electrons. The molecule has 2 aromatic rings. The summed E-state index contributed by atoms with van der Waals surface area (Å²) >= 11 is 0. The van der Waals surface area contributed by atoms with Crippen LogP contribution in [0.5, 0.6) is 11.5 Å². The molecular weight excluding hydrogens is 306 g/mol. The average Bonchev–Trinajstić information content (AvgIpc) is 2.63. The van der Waals surface area contributed by atoms with Gasteiger partial charge in [-0.15, -0.1) is 0 Å². The molecule has 1 amide bonds. The number of carbonyl (C=O) groups is 1. The summed E-state index contributed by atoms with van der Waals surface area (Å²) in [6, 6.07) is 13.0. The predicted molar refractivity (Wildman–Crippen MR) is 91.4 cm³/mol. The molecule has 0 fully saturated rings. The van der Waals surface area contributed by atoms with Crippen LogP contribution in [0.3, 0.4) is 0 Å². The Kier molecular flexibility index (Phi) is 4.71. The van der Waals surface area contributed by atoms with E-state index in [2.05, 4.69) is 0 Å². The normalized spacial score (nSPS) is 16.5. The number of ether oxygens (including phenoxy) is 2. The van der Waals surface area contributed by atoms with Gasteiger partial charge in [0.2, 0.25) is 6.10 Å². The quantitative estimate of drug-likeness (QED) is 0.917. The molecule has 0 saturated heterocycles. The minimum absolute atomic E-state index is 0.104. The fraction of sp³-hybridized carbons (Fsp3) is 0.316. The molecule has 0 spiro atoms. The Morgan fingerprint density at radius 1 is 1.25 bits per heavy atom. The van der Waals surface area contributed by atoms with Gasteiger partial charge in [0.15, 0.2) is 11.5 Å². The molecule has 5 nitrogen and oxygen atoms in total. The highest BCUT2D eigenvalue weighted by molar-refractivity contribution is 6.01. The third-order valence-corrected chi connectivity index (χ3v) is 4.06. The standard InChI is InChI=1S/C19H21NO4/c1-3-9-20-15-10-13(12-21)11-16(23-2)18(15)24-17(19(20)22)14-7-5-4-6-8-14/h4-8,10-11,17,21H,3,9,12H2,1-2H3. The maximum atomic E-state index is 13.0. The van der Waals surface area contributed by atoms with Crippen LogP contribution in [-0.4, -0.2) is 24.7 Å². The number of hydrogen-bond acceptors (Lipinski definition) is 4. The third kappa shape index (κ3) is 2.83. The molecule has 1 heterocycles. The number of amides is 1. The van der Waals surface area contributed by atoms with Crippen molar-refractivity contribution >= 4 is 11.6 Å². The van der Waals surface area contributed by atoms with Gasteiger partial charge in [-0.05, 0) is 24.1 Å². The van der Waals surface area contributed by atoms with Crippen molar-refractivity contribution in [1.82, 2.24) is 0 Å². The van der Waals surface area contributed by atoms with Crippen molar-refractivity contribution in [2.75, 3.05) is 18.6 Å². The smallest absolute Gasteiger partial charge is 0.272 e. The summed E-state index contributed by atoms with van der Waals surface area (Å²) in [6.45, 7) is 2.48. The van der Waals surface area contributed by atoms with Gasteiger partial charge in [0, 0.05) is 12.1 Å². The van der Waals surface area contributed by atoms with Crippen LogP contribution >= 0.6 is 0 Å². The second-order valence-corrected chi connectivity index (χ2v) is 5.70. The second kappa shape index (κ2) is 6.93. The zero-order valence-corrected chi connectivity index (χ0v) is 13.9. The van der Waals surface area contributed by atoms with Crippen molar-refractivity contribution in [3.63, 3.8) is 0 Å². The highest BCUT2D eigenvalue weighted by Gasteiger charge is 2.37. The van der Waals surface area contributed by atoms with Gasteiger partial charge in [0.05, 0.1) is 19.4 Å². The Morgan fingerprint density at radius 2 is 2.00 bits per heavy atom. The molecule has 24 heavy (non-hydrogen) atoms. The minimum Gasteiger partial charge on any atom is -0.493 e. The van der Waals surface area contributed by atoms with E-state index in [0.717, 1.165) is 12.0 Å². The van der Waals surface area contributed by atoms with Gasteiger partial charge >= 0.3 is 0 Å². The fourth-order valence-electron chi connectivity index (χ4n) is 2.93. The van der Waals surface area contributed by atoms with Crippen molar-refractivity contribution in [2.45, 2.75) is 26.1 Å². The van der Waals surface area contributed by atoms with Gasteiger partial charge in [0.1, 0.15) is 0 Å². The summed E-state index contributed by atoms with van der Waals surface area (Å²) in [4.78, 5) is 14.7. The molecule has 0 saturated carbocycles. The molecule has 0 aliphatic carbocycles. The van der Waals surface area contributed by atoms with E-state index >= 15 is 0 Å². The molecule has 0 aromatic heterocycles. The van der Waals surface area contributed by atoms with Gasteiger partial charge in [0.25, 0.3) is 5.91 Å². The second-order valence-electron chi connectivity index (χ2n) is 5.70. The maximum absolute atomic E-state index is 13.0. The summed E-state index contributed by atoms with van der Waals surface area (Å²) in [5.41, 5.74) is 2.14. The highest BCUT2D eigenvalue weighted by Crippen LogP contribution is 2.45. The van der Waals surface area contributed by atoms with Gasteiger partial charge in [-0.3, -0.25) is 4.79 Å². The van der Waals surface area contributed by atoms with Crippen LogP contribution in [0.1, 0.15) is 30.6 Å². The average molecular weight is 327 g/mol. The van der Waals surface area contributed by atoms with E-state index in [9.17, 15) is 9.90 Å². The molecule has 1 N–H and O–H groups in total. The van der Waals surface area contributed by atoms with Gasteiger partial charge in [-0.25, -0.2) is 0 Å². The van der Waals surface area contributed by atoms with E-state index in [0.29, 0.717) is 29.3 Å². The first-order valence-corrected chi connectivity index (χ1v) is 8.04. The van der Waals surface area contributed by atoms with E-state index < -0.39 is 6.10 Å². The number of aliphatic hydroxyl groups excluding tert-OH is 1. The zero-order chi connectivity index (χ0) is 17.1. The zero-order valence-electron chi connectivity index (χ0n) is 13.9. The lowest BCUT2D eigenvalue weighted by Gasteiger charge is -2.35. The summed E-state index contributed by atoms with van der Waals surface area (Å²) < 4.78 is 11.5. The summed E-state index contributed by atoms with van der Waals surface area (Å²) in [6.07, 6.45) is 0.123. The van der Waals surface area contributed by atoms with Crippen molar-refractivity contribution in [3.05, 3.63) is 53.6 Å². The Labute approximate surface area is 141 Å². The Morgan fingerprint density at radius 3 is 2.62 bits per heavy atom. The lowest BCUT2D eigenvalue weighted by Crippen LogP contribution is -2.41. The van der Waals surface area contributed by atoms with Crippen LogP contribution in [0.25, 0.3) is 0 Å². The molecule has 1 unspecified atom stereocenters. The lowest BCUT2D eigenvalue weighted by atomic mass is 10.0. The molecule has 1 aliphatic rings. The van der Waals surface area contributed by atoms with Crippen LogP contribution < -0.4 is 14.4 Å². The lowest BCUT2D eigenvalue weighted by molar-refractivity contribution is -0.126. The van der Waals surface area contributed by atoms with E-state index in [1.165, 1.54) is 0 Å². The number of benzene rings is 2. The molecule has 1 aliphatic heterocycles. The Bertz CT molecular complexity index is 730.